The molecule has 0 radical (unpaired) electrons. The lowest BCUT2D eigenvalue weighted by Crippen LogP contribution is -2.51. The summed E-state index contributed by atoms with van der Waals surface area (Å²) in [6.45, 7) is 1.62. The predicted octanol–water partition coefficient (Wildman–Crippen LogP) is 1.77. The summed E-state index contributed by atoms with van der Waals surface area (Å²) >= 11 is 0. The summed E-state index contributed by atoms with van der Waals surface area (Å²) < 4.78 is 0. The number of carbonyl (C=O) groups excluding carboxylic acids is 2. The van der Waals surface area contributed by atoms with E-state index in [0.29, 0.717) is 12.1 Å². The summed E-state index contributed by atoms with van der Waals surface area (Å²) in [4.78, 5) is 40.0. The summed E-state index contributed by atoms with van der Waals surface area (Å²) in [7, 11) is 0. The van der Waals surface area contributed by atoms with Gasteiger partial charge in [0.2, 0.25) is 11.8 Å². The second-order valence-corrected chi connectivity index (χ2v) is 7.52. The fraction of sp³-hybridized carbons (Fsp3) is 0.304. The van der Waals surface area contributed by atoms with Crippen molar-refractivity contribution >= 4 is 35.1 Å². The van der Waals surface area contributed by atoms with Gasteiger partial charge in [-0.05, 0) is 49.6 Å². The number of carboxylic acids is 1. The van der Waals surface area contributed by atoms with Crippen LogP contribution in [0.25, 0.3) is 0 Å². The molecule has 0 aromatic heterocycles. The number of hydrogen-bond donors (Lipinski definition) is 5. The van der Waals surface area contributed by atoms with E-state index in [1.54, 1.807) is 24.3 Å². The van der Waals surface area contributed by atoms with Crippen LogP contribution < -0.4 is 22.1 Å². The maximum atomic E-state index is 12.6. The lowest BCUT2D eigenvalue weighted by Gasteiger charge is -2.20. The summed E-state index contributed by atoms with van der Waals surface area (Å²) in [6.07, 6.45) is 0.681. The van der Waals surface area contributed by atoms with E-state index in [0.717, 1.165) is 11.3 Å². The molecule has 0 heterocycles. The molecule has 2 aromatic rings. The van der Waals surface area contributed by atoms with Crippen molar-refractivity contribution in [1.29, 1.82) is 0 Å². The van der Waals surface area contributed by atoms with Crippen molar-refractivity contribution in [3.63, 3.8) is 0 Å². The maximum absolute atomic E-state index is 12.6. The number of amides is 2. The fourth-order valence-corrected chi connectivity index (χ4v) is 2.87. The summed E-state index contributed by atoms with van der Waals surface area (Å²) in [5.74, 6) is -2.23. The topological polar surface area (TPSA) is 185 Å². The first-order valence-corrected chi connectivity index (χ1v) is 10.7. The number of azo groups is 1. The second-order valence-electron chi connectivity index (χ2n) is 7.52. The van der Waals surface area contributed by atoms with Crippen molar-refractivity contribution in [2.45, 2.75) is 38.3 Å². The van der Waals surface area contributed by atoms with Crippen LogP contribution in [0.1, 0.15) is 25.3 Å². The number of carboxylic acid groups (broad SMARTS) is 1. The quantitative estimate of drug-likeness (QED) is 0.137. The first-order chi connectivity index (χ1) is 16.2. The number of hydrogen-bond acceptors (Lipinski definition) is 6. The number of aliphatic carboxylic acids is 1. The zero-order valence-corrected chi connectivity index (χ0v) is 18.8. The molecular weight excluding hydrogens is 438 g/mol. The van der Waals surface area contributed by atoms with Gasteiger partial charge in [-0.3, -0.25) is 19.4 Å². The van der Waals surface area contributed by atoms with Crippen LogP contribution in [0.3, 0.4) is 0 Å². The molecule has 11 heteroatoms. The van der Waals surface area contributed by atoms with Crippen molar-refractivity contribution in [3.8, 4) is 0 Å². The molecule has 0 saturated carbocycles. The molecule has 7 N–H and O–H groups in total. The molecule has 0 fully saturated rings. The van der Waals surface area contributed by atoms with Crippen molar-refractivity contribution < 1.29 is 19.5 Å². The number of carbonyl (C=O) groups is 3. The van der Waals surface area contributed by atoms with Crippen LogP contribution in [-0.4, -0.2) is 47.5 Å². The van der Waals surface area contributed by atoms with Crippen LogP contribution in [0.5, 0.6) is 0 Å². The number of nitrogens with zero attached hydrogens (tertiary/aromatic N) is 3. The number of aliphatic imine (C=N–C) groups is 1. The Bertz CT molecular complexity index is 1020. The molecule has 2 atom stereocenters. The molecule has 2 aromatic carbocycles. The van der Waals surface area contributed by atoms with Crippen molar-refractivity contribution in [2.24, 2.45) is 26.7 Å². The molecule has 0 bridgehead atoms. The van der Waals surface area contributed by atoms with E-state index in [9.17, 15) is 14.4 Å². The number of rotatable bonds is 12. The van der Waals surface area contributed by atoms with E-state index in [4.69, 9.17) is 16.6 Å². The Balaban J connectivity index is 1.97. The average Bonchev–Trinajstić information content (AvgIpc) is 2.81. The van der Waals surface area contributed by atoms with Crippen molar-refractivity contribution in [2.75, 3.05) is 6.54 Å². The largest absolute Gasteiger partial charge is 0.480 e. The minimum absolute atomic E-state index is 0.0300. The number of nitrogens with one attached hydrogen (secondary N) is 2. The molecule has 0 aliphatic carbocycles. The van der Waals surface area contributed by atoms with E-state index in [-0.39, 0.29) is 31.3 Å². The zero-order valence-electron chi connectivity index (χ0n) is 18.8. The molecule has 34 heavy (non-hydrogen) atoms. The van der Waals surface area contributed by atoms with Gasteiger partial charge >= 0.3 is 5.97 Å². The Morgan fingerprint density at radius 3 is 2.15 bits per heavy atom. The summed E-state index contributed by atoms with van der Waals surface area (Å²) in [5, 5.41) is 22.4. The van der Waals surface area contributed by atoms with Crippen LogP contribution in [0, 0.1) is 0 Å². The normalized spacial score (nSPS) is 12.5. The Labute approximate surface area is 197 Å². The van der Waals surface area contributed by atoms with E-state index >= 15 is 0 Å². The van der Waals surface area contributed by atoms with Crippen LogP contribution in [0.2, 0.25) is 0 Å². The molecule has 0 aliphatic heterocycles. The van der Waals surface area contributed by atoms with Gasteiger partial charge in [-0.25, -0.2) is 0 Å². The summed E-state index contributed by atoms with van der Waals surface area (Å²) in [6, 6.07) is 14.3. The Morgan fingerprint density at radius 2 is 1.56 bits per heavy atom. The van der Waals surface area contributed by atoms with Crippen LogP contribution in [0.15, 0.2) is 69.8 Å². The maximum Gasteiger partial charge on any atom is 0.325 e. The first kappa shape index (κ1) is 26.0. The molecule has 180 valence electrons. The molecular formula is C23H29N7O4. The molecule has 0 spiro atoms. The first-order valence-electron chi connectivity index (χ1n) is 10.7. The minimum atomic E-state index is -1.18. The van der Waals surface area contributed by atoms with Gasteiger partial charge in [0, 0.05) is 6.54 Å². The number of benzene rings is 2. The highest BCUT2D eigenvalue weighted by Crippen LogP contribution is 2.18. The third kappa shape index (κ3) is 9.47. The SMILES string of the molecule is C[C@H](NC(=O)[C@H](CCCN=C(N)N)NC(=O)Cc1ccc(N=Nc2ccccc2)cc1)C(=O)O. The Morgan fingerprint density at radius 1 is 0.941 bits per heavy atom. The highest BCUT2D eigenvalue weighted by molar-refractivity contribution is 5.90. The van der Waals surface area contributed by atoms with Gasteiger partial charge in [-0.15, -0.1) is 0 Å². The lowest BCUT2D eigenvalue weighted by atomic mass is 10.1. The van der Waals surface area contributed by atoms with Gasteiger partial charge in [0.15, 0.2) is 5.96 Å². The smallest absolute Gasteiger partial charge is 0.325 e. The Kier molecular flexibility index (Phi) is 10.2. The van der Waals surface area contributed by atoms with Gasteiger partial charge < -0.3 is 27.2 Å². The van der Waals surface area contributed by atoms with Gasteiger partial charge in [0.1, 0.15) is 12.1 Å². The number of guanidine groups is 1. The zero-order chi connectivity index (χ0) is 24.9. The van der Waals surface area contributed by atoms with Crippen LogP contribution >= 0.6 is 0 Å². The molecule has 0 saturated heterocycles. The van der Waals surface area contributed by atoms with E-state index in [1.807, 2.05) is 30.3 Å². The third-order valence-electron chi connectivity index (χ3n) is 4.66. The molecule has 2 amide bonds. The number of nitrogens with two attached hydrogens (primary N) is 2. The highest BCUT2D eigenvalue weighted by Gasteiger charge is 2.24. The minimum Gasteiger partial charge on any atom is -0.480 e. The average molecular weight is 468 g/mol. The molecule has 2 rings (SSSR count). The van der Waals surface area contributed by atoms with Gasteiger partial charge in [0.25, 0.3) is 0 Å². The van der Waals surface area contributed by atoms with Gasteiger partial charge in [0.05, 0.1) is 17.8 Å². The molecule has 0 unspecified atom stereocenters. The van der Waals surface area contributed by atoms with E-state index in [2.05, 4.69) is 25.9 Å². The standard InChI is InChI=1S/C23H29N7O4/c1-15(22(33)34)27-21(32)19(8-5-13-26-23(24)25)28-20(31)14-16-9-11-18(12-10-16)30-29-17-6-3-2-4-7-17/h2-4,6-7,9-12,15,19H,5,8,13-14H2,1H3,(H,27,32)(H,28,31)(H,33,34)(H4,24,25,26)/t15-,19-/m0/s1. The van der Waals surface area contributed by atoms with E-state index in [1.165, 1.54) is 6.92 Å². The highest BCUT2D eigenvalue weighted by atomic mass is 16.4. The summed E-state index contributed by atoms with van der Waals surface area (Å²) in [5.41, 5.74) is 12.7. The second kappa shape index (κ2) is 13.3. The van der Waals surface area contributed by atoms with Crippen molar-refractivity contribution in [1.82, 2.24) is 10.6 Å². The molecule has 11 nitrogen and oxygen atoms in total. The predicted molar refractivity (Wildman–Crippen MR) is 128 cm³/mol. The molecule has 0 aliphatic rings. The van der Waals surface area contributed by atoms with Crippen LogP contribution in [0.4, 0.5) is 11.4 Å². The monoisotopic (exact) mass is 467 g/mol. The lowest BCUT2D eigenvalue weighted by molar-refractivity contribution is -0.141. The van der Waals surface area contributed by atoms with Gasteiger partial charge in [-0.2, -0.15) is 10.2 Å². The van der Waals surface area contributed by atoms with E-state index < -0.39 is 24.0 Å². The van der Waals surface area contributed by atoms with Gasteiger partial charge in [-0.1, -0.05) is 30.3 Å². The Hall–Kier alpha value is -4.28. The third-order valence-corrected chi connectivity index (χ3v) is 4.66. The fourth-order valence-electron chi connectivity index (χ4n) is 2.87. The van der Waals surface area contributed by atoms with Crippen LogP contribution in [-0.2, 0) is 20.8 Å². The van der Waals surface area contributed by atoms with Crippen molar-refractivity contribution in [3.05, 3.63) is 60.2 Å².